The number of aliphatic carboxylic acids is 3. The second-order valence-electron chi connectivity index (χ2n) is 16.1. The zero-order valence-electron chi connectivity index (χ0n) is 27.3. The molecule has 0 radical (unpaired) electrons. The van der Waals surface area contributed by atoms with Crippen molar-refractivity contribution in [1.29, 1.82) is 0 Å². The molecule has 256 valence electrons. The topological polar surface area (TPSA) is 140 Å². The SMILES string of the molecule is C=COC12CC3CC(C1)CC(C(=O)O)(C3)C2.C=COCC12CC3CC(C1)CC(C(=O)O)(C3)C2.C=COCC1CCC(C(=O)O)CC1. The minimum absolute atomic E-state index is 0.122. The Labute approximate surface area is 273 Å². The van der Waals surface area contributed by atoms with Crippen molar-refractivity contribution < 1.29 is 43.9 Å². The van der Waals surface area contributed by atoms with Crippen molar-refractivity contribution in [3.8, 4) is 0 Å². The van der Waals surface area contributed by atoms with Crippen LogP contribution in [0, 0.1) is 51.8 Å². The summed E-state index contributed by atoms with van der Waals surface area (Å²) in [5.74, 6) is 0.890. The highest BCUT2D eigenvalue weighted by Gasteiger charge is 2.62. The molecule has 9 aliphatic carbocycles. The van der Waals surface area contributed by atoms with Gasteiger partial charge in [-0.15, -0.1) is 0 Å². The number of hydrogen-bond acceptors (Lipinski definition) is 6. The predicted octanol–water partition coefficient (Wildman–Crippen LogP) is 7.43. The lowest BCUT2D eigenvalue weighted by Gasteiger charge is -2.60. The first-order valence-corrected chi connectivity index (χ1v) is 17.3. The summed E-state index contributed by atoms with van der Waals surface area (Å²) in [6, 6.07) is 0. The smallest absolute Gasteiger partial charge is 0.309 e. The Bertz CT molecular complexity index is 1140. The molecule has 0 saturated heterocycles. The molecule has 4 atom stereocenters. The first-order valence-electron chi connectivity index (χ1n) is 17.3. The Morgan fingerprint density at radius 1 is 0.652 bits per heavy atom. The highest BCUT2D eigenvalue weighted by molar-refractivity contribution is 5.76. The number of ether oxygens (including phenoxy) is 3. The number of carbonyl (C=O) groups is 3. The van der Waals surface area contributed by atoms with E-state index in [0.717, 1.165) is 83.5 Å². The van der Waals surface area contributed by atoms with Crippen LogP contribution < -0.4 is 0 Å². The lowest BCUT2D eigenvalue weighted by atomic mass is 9.44. The molecule has 8 bridgehead atoms. The van der Waals surface area contributed by atoms with Gasteiger partial charge in [-0.2, -0.15) is 0 Å². The molecule has 0 spiro atoms. The molecule has 4 unspecified atom stereocenters. The molecule has 9 fully saturated rings. The Morgan fingerprint density at radius 2 is 1.15 bits per heavy atom. The number of rotatable bonds is 11. The Kier molecular flexibility index (Phi) is 10.2. The maximum Gasteiger partial charge on any atom is 0.309 e. The van der Waals surface area contributed by atoms with Crippen molar-refractivity contribution in [1.82, 2.24) is 0 Å². The number of carboxylic acids is 3. The second kappa shape index (κ2) is 13.6. The number of carboxylic acid groups (broad SMARTS) is 3. The van der Waals surface area contributed by atoms with Gasteiger partial charge in [0.15, 0.2) is 0 Å². The van der Waals surface area contributed by atoms with Gasteiger partial charge in [-0.05, 0) is 126 Å². The van der Waals surface area contributed by atoms with E-state index >= 15 is 0 Å². The summed E-state index contributed by atoms with van der Waals surface area (Å²) in [6.45, 7) is 12.1. The van der Waals surface area contributed by atoms with Gasteiger partial charge < -0.3 is 29.5 Å². The average molecular weight is 643 g/mol. The van der Waals surface area contributed by atoms with E-state index in [1.54, 1.807) is 0 Å². The van der Waals surface area contributed by atoms with Crippen LogP contribution in [0.2, 0.25) is 0 Å². The van der Waals surface area contributed by atoms with Crippen LogP contribution in [-0.4, -0.2) is 52.0 Å². The summed E-state index contributed by atoms with van der Waals surface area (Å²) < 4.78 is 16.2. The van der Waals surface area contributed by atoms with Crippen LogP contribution in [0.1, 0.15) is 103 Å². The van der Waals surface area contributed by atoms with Gasteiger partial charge in [0.1, 0.15) is 5.60 Å². The fraction of sp³-hybridized carbons (Fsp3) is 0.757. The van der Waals surface area contributed by atoms with Crippen LogP contribution >= 0.6 is 0 Å². The Morgan fingerprint density at radius 3 is 1.61 bits per heavy atom. The molecule has 46 heavy (non-hydrogen) atoms. The molecule has 3 N–H and O–H groups in total. The van der Waals surface area contributed by atoms with E-state index in [-0.39, 0.29) is 16.9 Å². The third-order valence-corrected chi connectivity index (χ3v) is 12.6. The lowest BCUT2D eigenvalue weighted by Crippen LogP contribution is -2.58. The predicted molar refractivity (Wildman–Crippen MR) is 171 cm³/mol. The zero-order chi connectivity index (χ0) is 33.2. The normalized spacial score (nSPS) is 42.3. The van der Waals surface area contributed by atoms with E-state index in [1.807, 2.05) is 0 Å². The molecule has 9 saturated carbocycles. The molecule has 0 aliphatic heterocycles. The quantitative estimate of drug-likeness (QED) is 0.196. The van der Waals surface area contributed by atoms with Crippen LogP contribution in [0.25, 0.3) is 0 Å². The van der Waals surface area contributed by atoms with Gasteiger partial charge in [-0.3, -0.25) is 14.4 Å². The zero-order valence-corrected chi connectivity index (χ0v) is 27.3. The largest absolute Gasteiger partial charge is 0.502 e. The average Bonchev–Trinajstić information content (AvgIpc) is 2.98. The van der Waals surface area contributed by atoms with Gasteiger partial charge in [0.25, 0.3) is 0 Å². The first-order chi connectivity index (χ1) is 21.9. The molecule has 0 heterocycles. The van der Waals surface area contributed by atoms with E-state index in [9.17, 15) is 24.6 Å². The summed E-state index contributed by atoms with van der Waals surface area (Å²) >= 11 is 0. The van der Waals surface area contributed by atoms with Crippen LogP contribution in [0.4, 0.5) is 0 Å². The van der Waals surface area contributed by atoms with Crippen LogP contribution in [0.15, 0.2) is 38.5 Å². The monoisotopic (exact) mass is 642 g/mol. The van der Waals surface area contributed by atoms with Gasteiger partial charge in [-0.25, -0.2) is 0 Å². The van der Waals surface area contributed by atoms with Crippen molar-refractivity contribution in [2.75, 3.05) is 13.2 Å². The minimum atomic E-state index is -0.650. The summed E-state index contributed by atoms with van der Waals surface area (Å²) in [4.78, 5) is 33.8. The van der Waals surface area contributed by atoms with Crippen LogP contribution in [0.3, 0.4) is 0 Å². The van der Waals surface area contributed by atoms with E-state index in [1.165, 1.54) is 31.6 Å². The molecule has 9 aliphatic rings. The van der Waals surface area contributed by atoms with E-state index in [4.69, 9.17) is 19.3 Å². The Balaban J connectivity index is 0.000000137. The molecule has 0 aromatic rings. The summed E-state index contributed by atoms with van der Waals surface area (Å²) in [5, 5.41) is 27.8. The molecule has 0 aromatic carbocycles. The van der Waals surface area contributed by atoms with Crippen LogP contribution in [-0.2, 0) is 28.6 Å². The van der Waals surface area contributed by atoms with Crippen molar-refractivity contribution in [2.45, 2.75) is 108 Å². The van der Waals surface area contributed by atoms with E-state index in [2.05, 4.69) is 19.7 Å². The fourth-order valence-corrected chi connectivity index (χ4v) is 11.6. The molecule has 0 amide bonds. The third-order valence-electron chi connectivity index (χ3n) is 12.6. The highest BCUT2D eigenvalue weighted by atomic mass is 16.5. The van der Waals surface area contributed by atoms with Gasteiger partial charge in [0.2, 0.25) is 0 Å². The van der Waals surface area contributed by atoms with Gasteiger partial charge in [-0.1, -0.05) is 19.7 Å². The second-order valence-corrected chi connectivity index (χ2v) is 16.1. The third kappa shape index (κ3) is 7.13. The minimum Gasteiger partial charge on any atom is -0.502 e. The molecular weight excluding hydrogens is 588 g/mol. The summed E-state index contributed by atoms with van der Waals surface area (Å²) in [6.07, 6.45) is 19.8. The Hall–Kier alpha value is -2.97. The van der Waals surface area contributed by atoms with Gasteiger partial charge >= 0.3 is 17.9 Å². The van der Waals surface area contributed by atoms with Crippen molar-refractivity contribution in [3.63, 3.8) is 0 Å². The lowest BCUT2D eigenvalue weighted by molar-refractivity contribution is -0.192. The van der Waals surface area contributed by atoms with Crippen molar-refractivity contribution >= 4 is 17.9 Å². The van der Waals surface area contributed by atoms with Gasteiger partial charge in [0.05, 0.1) is 48.7 Å². The van der Waals surface area contributed by atoms with Crippen LogP contribution in [0.5, 0.6) is 0 Å². The highest BCUT2D eigenvalue weighted by Crippen LogP contribution is 2.65. The van der Waals surface area contributed by atoms with Crippen molar-refractivity contribution in [3.05, 3.63) is 38.5 Å². The van der Waals surface area contributed by atoms with E-state index < -0.39 is 28.7 Å². The molecule has 9 nitrogen and oxygen atoms in total. The molecule has 0 aromatic heterocycles. The molecule has 9 rings (SSSR count). The van der Waals surface area contributed by atoms with E-state index in [0.29, 0.717) is 49.2 Å². The fourth-order valence-electron chi connectivity index (χ4n) is 11.6. The van der Waals surface area contributed by atoms with Gasteiger partial charge in [0, 0.05) is 11.8 Å². The summed E-state index contributed by atoms with van der Waals surface area (Å²) in [5.41, 5.74) is -1.01. The molecular formula is C37H54O9. The molecule has 9 heteroatoms. The first kappa shape index (κ1) is 34.4. The summed E-state index contributed by atoms with van der Waals surface area (Å²) in [7, 11) is 0. The maximum atomic E-state index is 11.6. The van der Waals surface area contributed by atoms with Crippen molar-refractivity contribution in [2.24, 2.45) is 51.8 Å². The standard InChI is InChI=1S/C14H20O3.C13H18O3.C10H16O3/c1-2-17-9-13-4-10-3-11(5-13)7-14(6-10,8-13)12(15)16;1-2-16-13-6-9-3-10(7-13)5-12(4-9,8-13)11(14)15;1-2-13-7-8-3-5-9(6-4-8)10(11)12/h2,10-11H,1,3-9H2,(H,15,16);2,9-10H,1,3-8H2,(H,14,15);2,8-9H,1,3-7H2,(H,11,12). The number of hydrogen-bond donors (Lipinski definition) is 3. The maximum absolute atomic E-state index is 11.6.